The molecule has 0 aliphatic rings. The molecule has 0 bridgehead atoms. The van der Waals surface area contributed by atoms with Gasteiger partial charge in [0.25, 0.3) is 0 Å². The average Bonchev–Trinajstić information content (AvgIpc) is 2.55. The molecule has 1 unspecified atom stereocenters. The summed E-state index contributed by atoms with van der Waals surface area (Å²) in [7, 11) is 0. The molecule has 2 aromatic carbocycles. The maximum atomic E-state index is 5.99. The topological polar surface area (TPSA) is 18.5 Å². The maximum Gasteiger partial charge on any atom is 0.202 e. The van der Waals surface area contributed by atoms with Gasteiger partial charge in [-0.15, -0.1) is 0 Å². The molecule has 0 aliphatic carbocycles. The predicted molar refractivity (Wildman–Crippen MR) is 91.2 cm³/mol. The van der Waals surface area contributed by atoms with Crippen molar-refractivity contribution in [2.75, 3.05) is 6.61 Å². The van der Waals surface area contributed by atoms with E-state index >= 15 is 0 Å². The van der Waals surface area contributed by atoms with Gasteiger partial charge in [0.2, 0.25) is 6.29 Å². The number of ether oxygens (including phenoxy) is 2. The Hall–Kier alpha value is -1.80. The van der Waals surface area contributed by atoms with E-state index in [1.54, 1.807) is 0 Å². The van der Waals surface area contributed by atoms with E-state index in [1.165, 1.54) is 11.1 Å². The Labute approximate surface area is 134 Å². The molecule has 0 N–H and O–H groups in total. The van der Waals surface area contributed by atoms with E-state index in [0.717, 1.165) is 18.6 Å². The molecule has 0 radical (unpaired) electrons. The Morgan fingerprint density at radius 3 is 2.14 bits per heavy atom. The van der Waals surface area contributed by atoms with Gasteiger partial charge in [0.1, 0.15) is 5.75 Å². The molecule has 2 aromatic rings. The van der Waals surface area contributed by atoms with Crippen LogP contribution in [0.25, 0.3) is 0 Å². The summed E-state index contributed by atoms with van der Waals surface area (Å²) in [6.07, 6.45) is 1.74. The van der Waals surface area contributed by atoms with Gasteiger partial charge in [-0.3, -0.25) is 0 Å². The second-order valence-electron chi connectivity index (χ2n) is 5.83. The van der Waals surface area contributed by atoms with E-state index in [-0.39, 0.29) is 6.29 Å². The predicted octanol–water partition coefficient (Wildman–Crippen LogP) is 4.87. The third kappa shape index (κ3) is 5.19. The van der Waals surface area contributed by atoms with Gasteiger partial charge >= 0.3 is 0 Å². The first kappa shape index (κ1) is 16.6. The monoisotopic (exact) mass is 298 g/mol. The van der Waals surface area contributed by atoms with E-state index in [1.807, 2.05) is 18.2 Å². The van der Waals surface area contributed by atoms with Crippen molar-refractivity contribution in [2.24, 2.45) is 5.92 Å². The minimum absolute atomic E-state index is 0.212. The molecule has 0 aliphatic heterocycles. The second-order valence-corrected chi connectivity index (χ2v) is 5.83. The van der Waals surface area contributed by atoms with Gasteiger partial charge in [0.05, 0.1) is 6.61 Å². The van der Waals surface area contributed by atoms with Gasteiger partial charge in [0.15, 0.2) is 0 Å². The number of hydrogen-bond acceptors (Lipinski definition) is 2. The summed E-state index contributed by atoms with van der Waals surface area (Å²) in [6, 6.07) is 18.7. The summed E-state index contributed by atoms with van der Waals surface area (Å²) < 4.78 is 11.9. The quantitative estimate of drug-likeness (QED) is 0.647. The van der Waals surface area contributed by atoms with E-state index in [0.29, 0.717) is 12.5 Å². The third-order valence-electron chi connectivity index (χ3n) is 3.64. The Morgan fingerprint density at radius 1 is 0.864 bits per heavy atom. The van der Waals surface area contributed by atoms with Crippen LogP contribution in [-0.2, 0) is 17.6 Å². The molecule has 0 heterocycles. The zero-order valence-electron chi connectivity index (χ0n) is 13.8. The molecule has 0 spiro atoms. The first-order valence-electron chi connectivity index (χ1n) is 8.10. The fourth-order valence-corrected chi connectivity index (χ4v) is 2.24. The van der Waals surface area contributed by atoms with Crippen LogP contribution in [0.5, 0.6) is 5.75 Å². The fraction of sp³-hybridized carbons (Fsp3) is 0.400. The highest BCUT2D eigenvalue weighted by atomic mass is 16.7. The van der Waals surface area contributed by atoms with Crippen LogP contribution >= 0.6 is 0 Å². The number of rotatable bonds is 8. The Morgan fingerprint density at radius 2 is 1.55 bits per heavy atom. The molecule has 0 amide bonds. The zero-order chi connectivity index (χ0) is 15.8. The minimum Gasteiger partial charge on any atom is -0.465 e. The highest BCUT2D eigenvalue weighted by Gasteiger charge is 2.15. The molecule has 118 valence electrons. The number of hydrogen-bond donors (Lipinski definition) is 0. The van der Waals surface area contributed by atoms with Gasteiger partial charge < -0.3 is 9.47 Å². The Balaban J connectivity index is 1.86. The number of benzene rings is 2. The number of aryl methyl sites for hydroxylation is 1. The van der Waals surface area contributed by atoms with Gasteiger partial charge in [-0.1, -0.05) is 63.2 Å². The maximum absolute atomic E-state index is 5.99. The molecule has 0 saturated heterocycles. The lowest BCUT2D eigenvalue weighted by atomic mass is 10.1. The summed E-state index contributed by atoms with van der Waals surface area (Å²) in [5.74, 6) is 1.18. The summed E-state index contributed by atoms with van der Waals surface area (Å²) in [5.41, 5.74) is 2.61. The molecule has 2 rings (SSSR count). The molecule has 2 heteroatoms. The fourth-order valence-electron chi connectivity index (χ4n) is 2.24. The lowest BCUT2D eigenvalue weighted by Crippen LogP contribution is -2.27. The highest BCUT2D eigenvalue weighted by Crippen LogP contribution is 2.18. The van der Waals surface area contributed by atoms with Gasteiger partial charge in [-0.05, 0) is 36.1 Å². The van der Waals surface area contributed by atoms with Crippen LogP contribution in [0.3, 0.4) is 0 Å². The zero-order valence-corrected chi connectivity index (χ0v) is 13.8. The van der Waals surface area contributed by atoms with Crippen LogP contribution in [0.2, 0.25) is 0 Å². The second kappa shape index (κ2) is 8.60. The average molecular weight is 298 g/mol. The summed E-state index contributed by atoms with van der Waals surface area (Å²) >= 11 is 0. The van der Waals surface area contributed by atoms with Crippen LogP contribution in [-0.4, -0.2) is 12.9 Å². The first-order valence-corrected chi connectivity index (χ1v) is 8.10. The van der Waals surface area contributed by atoms with Crippen molar-refractivity contribution in [2.45, 2.75) is 39.9 Å². The standard InChI is InChI=1S/C20H26O2/c1-4-17-10-12-19(13-11-17)22-20(16(2)3)21-15-14-18-8-6-5-7-9-18/h5-13,16,20H,4,14-15H2,1-3H3. The summed E-state index contributed by atoms with van der Waals surface area (Å²) in [5, 5.41) is 0. The molecule has 1 atom stereocenters. The molecular formula is C20H26O2. The molecule has 0 saturated carbocycles. The largest absolute Gasteiger partial charge is 0.465 e. The van der Waals surface area contributed by atoms with Gasteiger partial charge in [-0.2, -0.15) is 0 Å². The Bertz CT molecular complexity index is 531. The molecule has 0 aromatic heterocycles. The van der Waals surface area contributed by atoms with E-state index < -0.39 is 0 Å². The van der Waals surface area contributed by atoms with E-state index in [9.17, 15) is 0 Å². The SMILES string of the molecule is CCc1ccc(OC(OCCc2ccccc2)C(C)C)cc1. The van der Waals surface area contributed by atoms with E-state index in [2.05, 4.69) is 57.2 Å². The van der Waals surface area contributed by atoms with Crippen LogP contribution in [0.1, 0.15) is 31.9 Å². The van der Waals surface area contributed by atoms with Crippen molar-refractivity contribution in [1.82, 2.24) is 0 Å². The molecule has 0 fully saturated rings. The van der Waals surface area contributed by atoms with Crippen LogP contribution in [0.15, 0.2) is 54.6 Å². The van der Waals surface area contributed by atoms with Gasteiger partial charge in [-0.25, -0.2) is 0 Å². The Kier molecular flexibility index (Phi) is 6.47. The smallest absolute Gasteiger partial charge is 0.202 e. The van der Waals surface area contributed by atoms with Crippen molar-refractivity contribution in [3.05, 3.63) is 65.7 Å². The van der Waals surface area contributed by atoms with E-state index in [4.69, 9.17) is 9.47 Å². The summed E-state index contributed by atoms with van der Waals surface area (Å²) in [6.45, 7) is 7.06. The van der Waals surface area contributed by atoms with Crippen molar-refractivity contribution < 1.29 is 9.47 Å². The van der Waals surface area contributed by atoms with Crippen molar-refractivity contribution in [3.8, 4) is 5.75 Å². The summed E-state index contributed by atoms with van der Waals surface area (Å²) in [4.78, 5) is 0. The lowest BCUT2D eigenvalue weighted by molar-refractivity contribution is -0.106. The normalized spacial score (nSPS) is 12.4. The van der Waals surface area contributed by atoms with Crippen LogP contribution < -0.4 is 4.74 Å². The highest BCUT2D eigenvalue weighted by molar-refractivity contribution is 5.27. The molecule has 22 heavy (non-hydrogen) atoms. The van der Waals surface area contributed by atoms with Gasteiger partial charge in [0, 0.05) is 5.92 Å². The third-order valence-corrected chi connectivity index (χ3v) is 3.64. The van der Waals surface area contributed by atoms with Crippen LogP contribution in [0, 0.1) is 5.92 Å². The van der Waals surface area contributed by atoms with Crippen LogP contribution in [0.4, 0.5) is 0 Å². The lowest BCUT2D eigenvalue weighted by Gasteiger charge is -2.23. The van der Waals surface area contributed by atoms with Crippen molar-refractivity contribution in [1.29, 1.82) is 0 Å². The molecule has 2 nitrogen and oxygen atoms in total. The van der Waals surface area contributed by atoms with Crippen molar-refractivity contribution in [3.63, 3.8) is 0 Å². The first-order chi connectivity index (χ1) is 10.7. The van der Waals surface area contributed by atoms with Crippen molar-refractivity contribution >= 4 is 0 Å². The minimum atomic E-state index is -0.212. The molecular weight excluding hydrogens is 272 g/mol.